The maximum absolute atomic E-state index is 12.5. The molecule has 9 nitrogen and oxygen atoms in total. The number of imidazole rings is 1. The highest BCUT2D eigenvalue weighted by molar-refractivity contribution is 7.89. The van der Waals surface area contributed by atoms with Crippen LogP contribution in [-0.4, -0.2) is 58.6 Å². The Morgan fingerprint density at radius 2 is 1.97 bits per heavy atom. The lowest BCUT2D eigenvalue weighted by Crippen LogP contribution is -2.25. The van der Waals surface area contributed by atoms with Crippen molar-refractivity contribution in [1.82, 2.24) is 29.0 Å². The van der Waals surface area contributed by atoms with Crippen LogP contribution in [-0.2, 0) is 41.3 Å². The Morgan fingerprint density at radius 1 is 1.18 bits per heavy atom. The van der Waals surface area contributed by atoms with Gasteiger partial charge in [0.25, 0.3) is 0 Å². The second-order valence-electron chi connectivity index (χ2n) is 8.45. The first-order valence-corrected chi connectivity index (χ1v) is 12.8. The van der Waals surface area contributed by atoms with Gasteiger partial charge in [0.2, 0.25) is 15.9 Å². The van der Waals surface area contributed by atoms with E-state index in [4.69, 9.17) is 4.98 Å². The van der Waals surface area contributed by atoms with E-state index in [0.717, 1.165) is 49.1 Å². The second-order valence-corrected chi connectivity index (χ2v) is 10.6. The van der Waals surface area contributed by atoms with Crippen molar-refractivity contribution in [3.8, 4) is 0 Å². The van der Waals surface area contributed by atoms with Crippen molar-refractivity contribution in [2.45, 2.75) is 56.9 Å². The minimum Gasteiger partial charge on any atom is -0.356 e. The van der Waals surface area contributed by atoms with Gasteiger partial charge in [0.05, 0.1) is 22.1 Å². The van der Waals surface area contributed by atoms with E-state index in [2.05, 4.69) is 21.9 Å². The number of unbranched alkanes of at least 4 members (excludes halogenated alkanes) is 1. The van der Waals surface area contributed by atoms with Crippen molar-refractivity contribution in [2.24, 2.45) is 7.05 Å². The number of nitrogens with zero attached hydrogens (tertiary/aromatic N) is 5. The average Bonchev–Trinajstić information content (AvgIpc) is 3.35. The van der Waals surface area contributed by atoms with Gasteiger partial charge in [-0.3, -0.25) is 9.48 Å². The van der Waals surface area contributed by atoms with Gasteiger partial charge in [-0.25, -0.2) is 17.7 Å². The SMILES string of the molecule is CCCCn1c(CCC(=O)NCCCc2cnn(C)c2)nc2cc(S(=O)(=O)N(C)C)ccc21. The molecule has 0 unspecified atom stereocenters. The molecule has 2 heterocycles. The molecule has 180 valence electrons. The fourth-order valence-electron chi connectivity index (χ4n) is 3.72. The van der Waals surface area contributed by atoms with Crippen molar-refractivity contribution >= 4 is 27.0 Å². The van der Waals surface area contributed by atoms with Crippen LogP contribution < -0.4 is 5.32 Å². The molecule has 0 spiro atoms. The molecule has 33 heavy (non-hydrogen) atoms. The number of hydrogen-bond donors (Lipinski definition) is 1. The van der Waals surface area contributed by atoms with Gasteiger partial charge in [-0.1, -0.05) is 13.3 Å². The molecule has 3 rings (SSSR count). The summed E-state index contributed by atoms with van der Waals surface area (Å²) in [5.41, 5.74) is 2.70. The van der Waals surface area contributed by atoms with Gasteiger partial charge in [0.1, 0.15) is 5.82 Å². The number of benzene rings is 1. The third kappa shape index (κ3) is 6.20. The molecule has 0 aliphatic heterocycles. The number of nitrogens with one attached hydrogen (secondary N) is 1. The van der Waals surface area contributed by atoms with E-state index in [1.54, 1.807) is 16.8 Å². The van der Waals surface area contributed by atoms with E-state index in [0.29, 0.717) is 24.9 Å². The number of fused-ring (bicyclic) bond motifs is 1. The zero-order valence-corrected chi connectivity index (χ0v) is 20.7. The van der Waals surface area contributed by atoms with Crippen LogP contribution in [0.3, 0.4) is 0 Å². The van der Waals surface area contributed by atoms with Crippen molar-refractivity contribution < 1.29 is 13.2 Å². The molecule has 0 radical (unpaired) electrons. The fraction of sp³-hybridized carbons (Fsp3) is 0.522. The van der Waals surface area contributed by atoms with Gasteiger partial charge >= 0.3 is 0 Å². The molecule has 0 aliphatic carbocycles. The first-order chi connectivity index (χ1) is 15.7. The summed E-state index contributed by atoms with van der Waals surface area (Å²) in [7, 11) is 1.39. The molecule has 1 N–H and O–H groups in total. The molecule has 3 aromatic rings. The maximum atomic E-state index is 12.5. The molecule has 0 atom stereocenters. The number of carbonyl (C=O) groups is 1. The van der Waals surface area contributed by atoms with Crippen molar-refractivity contribution in [3.05, 3.63) is 42.0 Å². The number of carbonyl (C=O) groups excluding carboxylic acids is 1. The Kier molecular flexibility index (Phi) is 8.25. The van der Waals surface area contributed by atoms with Gasteiger partial charge in [-0.15, -0.1) is 0 Å². The second kappa shape index (κ2) is 10.9. The Labute approximate surface area is 195 Å². The number of aryl methyl sites for hydroxylation is 4. The fourth-order valence-corrected chi connectivity index (χ4v) is 4.64. The minimum atomic E-state index is -3.53. The van der Waals surface area contributed by atoms with Gasteiger partial charge < -0.3 is 9.88 Å². The van der Waals surface area contributed by atoms with Gasteiger partial charge in [-0.05, 0) is 43.0 Å². The lowest BCUT2D eigenvalue weighted by atomic mass is 10.2. The van der Waals surface area contributed by atoms with E-state index in [1.807, 2.05) is 25.5 Å². The number of rotatable bonds is 12. The maximum Gasteiger partial charge on any atom is 0.242 e. The smallest absolute Gasteiger partial charge is 0.242 e. The number of hydrogen-bond acceptors (Lipinski definition) is 5. The summed E-state index contributed by atoms with van der Waals surface area (Å²) in [6, 6.07) is 5.06. The Bertz CT molecular complexity index is 1200. The number of amides is 1. The highest BCUT2D eigenvalue weighted by atomic mass is 32.2. The quantitative estimate of drug-likeness (QED) is 0.406. The first-order valence-electron chi connectivity index (χ1n) is 11.4. The van der Waals surface area contributed by atoms with Gasteiger partial charge in [0, 0.05) is 53.3 Å². The van der Waals surface area contributed by atoms with Gasteiger partial charge in [-0.2, -0.15) is 5.10 Å². The van der Waals surface area contributed by atoms with Crippen molar-refractivity contribution in [1.29, 1.82) is 0 Å². The molecule has 1 aromatic carbocycles. The summed E-state index contributed by atoms with van der Waals surface area (Å²) in [5.74, 6) is 0.800. The first kappa shape index (κ1) is 24.9. The lowest BCUT2D eigenvalue weighted by molar-refractivity contribution is -0.121. The number of aromatic nitrogens is 4. The third-order valence-electron chi connectivity index (χ3n) is 5.61. The van der Waals surface area contributed by atoms with Crippen LogP contribution in [0, 0.1) is 0 Å². The van der Waals surface area contributed by atoms with Crippen molar-refractivity contribution in [2.75, 3.05) is 20.6 Å². The summed E-state index contributed by atoms with van der Waals surface area (Å²) < 4.78 is 30.1. The van der Waals surface area contributed by atoms with E-state index >= 15 is 0 Å². The Morgan fingerprint density at radius 3 is 2.64 bits per heavy atom. The molecular weight excluding hydrogens is 440 g/mol. The summed E-state index contributed by atoms with van der Waals surface area (Å²) in [6.45, 7) is 3.53. The molecule has 0 bridgehead atoms. The van der Waals surface area contributed by atoms with Gasteiger partial charge in [0.15, 0.2) is 0 Å². The largest absolute Gasteiger partial charge is 0.356 e. The monoisotopic (exact) mass is 474 g/mol. The third-order valence-corrected chi connectivity index (χ3v) is 7.42. The normalized spacial score (nSPS) is 12.0. The van der Waals surface area contributed by atoms with Crippen molar-refractivity contribution in [3.63, 3.8) is 0 Å². The van der Waals surface area contributed by atoms with Crippen LogP contribution in [0.2, 0.25) is 0 Å². The molecule has 0 saturated carbocycles. The lowest BCUT2D eigenvalue weighted by Gasteiger charge is -2.11. The van der Waals surface area contributed by atoms with Crippen LogP contribution in [0.15, 0.2) is 35.5 Å². The molecule has 0 aliphatic rings. The van der Waals surface area contributed by atoms with E-state index < -0.39 is 10.0 Å². The molecule has 0 fully saturated rings. The molecule has 0 saturated heterocycles. The van der Waals surface area contributed by atoms with E-state index in [1.165, 1.54) is 18.4 Å². The minimum absolute atomic E-state index is 0.00819. The number of sulfonamides is 1. The Hall–Kier alpha value is -2.72. The predicted molar refractivity (Wildman–Crippen MR) is 128 cm³/mol. The van der Waals surface area contributed by atoms with Crippen LogP contribution >= 0.6 is 0 Å². The summed E-state index contributed by atoms with van der Waals surface area (Å²) in [6.07, 6.45) is 8.42. The molecule has 1 amide bonds. The highest BCUT2D eigenvalue weighted by Gasteiger charge is 2.20. The molecule has 10 heteroatoms. The van der Waals surface area contributed by atoms with E-state index in [9.17, 15) is 13.2 Å². The topological polar surface area (TPSA) is 102 Å². The summed E-state index contributed by atoms with van der Waals surface area (Å²) >= 11 is 0. The predicted octanol–water partition coefficient (Wildman–Crippen LogP) is 2.50. The summed E-state index contributed by atoms with van der Waals surface area (Å²) in [5, 5.41) is 7.13. The zero-order valence-electron chi connectivity index (χ0n) is 19.9. The molecular formula is C23H34N6O3S. The zero-order chi connectivity index (χ0) is 24.0. The Balaban J connectivity index is 1.65. The summed E-state index contributed by atoms with van der Waals surface area (Å²) in [4.78, 5) is 17.3. The van der Waals surface area contributed by atoms with Crippen LogP contribution in [0.1, 0.15) is 44.0 Å². The average molecular weight is 475 g/mol. The van der Waals surface area contributed by atoms with Crippen LogP contribution in [0.4, 0.5) is 0 Å². The van der Waals surface area contributed by atoms with Crippen LogP contribution in [0.25, 0.3) is 11.0 Å². The standard InChI is InChI=1S/C23H34N6O3S/c1-5-6-14-29-21-10-9-19(33(31,32)27(2)3)15-20(21)26-22(29)11-12-23(30)24-13-7-8-18-16-25-28(4)17-18/h9-10,15-17H,5-8,11-14H2,1-4H3,(H,24,30). The molecule has 2 aromatic heterocycles. The van der Waals surface area contributed by atoms with E-state index in [-0.39, 0.29) is 10.8 Å². The van der Waals surface area contributed by atoms with Crippen LogP contribution in [0.5, 0.6) is 0 Å². The highest BCUT2D eigenvalue weighted by Crippen LogP contribution is 2.23.